The Hall–Kier alpha value is -2.59. The van der Waals surface area contributed by atoms with Gasteiger partial charge in [0.05, 0.1) is 23.4 Å². The average molecular weight is 627 g/mol. The minimum absolute atomic E-state index is 0.134. The minimum Gasteiger partial charge on any atom is -0.460 e. The van der Waals surface area contributed by atoms with Crippen molar-refractivity contribution in [2.24, 2.45) is 28.6 Å². The third-order valence-electron chi connectivity index (χ3n) is 12.2. The Labute approximate surface area is 266 Å². The summed E-state index contributed by atoms with van der Waals surface area (Å²) in [6.07, 6.45) is 1.67. The van der Waals surface area contributed by atoms with E-state index in [2.05, 4.69) is 0 Å². The molecule has 3 saturated carbocycles. The molecular formula is C36H50O9. The molecule has 45 heavy (non-hydrogen) atoms. The lowest BCUT2D eigenvalue weighted by atomic mass is 9.45. The molecule has 9 nitrogen and oxygen atoms in total. The predicted molar refractivity (Wildman–Crippen MR) is 166 cm³/mol. The molecule has 1 aromatic rings. The van der Waals surface area contributed by atoms with Gasteiger partial charge in [0.2, 0.25) is 0 Å². The first-order valence-corrected chi connectivity index (χ1v) is 16.4. The summed E-state index contributed by atoms with van der Waals surface area (Å²) in [4.78, 5) is 38.6. The molecule has 0 radical (unpaired) electrons. The van der Waals surface area contributed by atoms with Crippen LogP contribution in [0.25, 0.3) is 0 Å². The number of benzene rings is 1. The summed E-state index contributed by atoms with van der Waals surface area (Å²) in [5.74, 6) is -2.22. The molecule has 4 aliphatic carbocycles. The largest absolute Gasteiger partial charge is 0.460 e. The van der Waals surface area contributed by atoms with Crippen LogP contribution in [0.4, 0.5) is 0 Å². The van der Waals surface area contributed by atoms with E-state index in [0.717, 1.165) is 0 Å². The van der Waals surface area contributed by atoms with E-state index in [0.29, 0.717) is 43.2 Å². The van der Waals surface area contributed by atoms with Gasteiger partial charge in [-0.25, -0.2) is 4.79 Å². The van der Waals surface area contributed by atoms with Crippen molar-refractivity contribution in [1.29, 1.82) is 0 Å². The van der Waals surface area contributed by atoms with Gasteiger partial charge in [0.15, 0.2) is 5.78 Å². The minimum atomic E-state index is -1.58. The van der Waals surface area contributed by atoms with E-state index in [-0.39, 0.29) is 31.0 Å². The topological polar surface area (TPSA) is 151 Å². The molecule has 1 aromatic carbocycles. The number of carbonyl (C=O) groups excluding carboxylic acids is 3. The standard InChI is InChI=1S/C36H50O9/c1-21(37)45-32(2,3)15-14-30(44-31(41)22-10-8-7-9-11-22)35(6,42)29-13-17-36(43)24-18-26(38)25-19-27(39)28(40)20-33(25,4)23(24)12-16-34(29,36)5/h7-11,18,23,25,27-30,39-40,42-43H,12-17,19-20H2,1-6H3. The molecule has 0 heterocycles. The van der Waals surface area contributed by atoms with Crippen LogP contribution in [-0.4, -0.2) is 73.3 Å². The van der Waals surface area contributed by atoms with Crippen LogP contribution < -0.4 is 0 Å². The quantitative estimate of drug-likeness (QED) is 0.310. The van der Waals surface area contributed by atoms with Gasteiger partial charge in [0, 0.05) is 18.3 Å². The summed E-state index contributed by atoms with van der Waals surface area (Å²) in [5, 5.41) is 46.1. The number of hydrogen-bond acceptors (Lipinski definition) is 9. The lowest BCUT2D eigenvalue weighted by Gasteiger charge is -2.60. The maximum atomic E-state index is 13.6. The predicted octanol–water partition coefficient (Wildman–Crippen LogP) is 4.29. The SMILES string of the molecule is CC(=O)OC(C)(C)CCC(OC(=O)c1ccccc1)C(C)(O)C1CCC2(O)C3=CC(=O)C4CC(O)C(O)CC4(C)C3CCC12C. The van der Waals surface area contributed by atoms with E-state index < -0.39 is 69.7 Å². The van der Waals surface area contributed by atoms with Crippen molar-refractivity contribution in [2.45, 2.75) is 128 Å². The van der Waals surface area contributed by atoms with Gasteiger partial charge in [-0.15, -0.1) is 0 Å². The van der Waals surface area contributed by atoms with E-state index in [9.17, 15) is 34.8 Å². The fourth-order valence-corrected chi connectivity index (χ4v) is 9.69. The van der Waals surface area contributed by atoms with Crippen molar-refractivity contribution in [3.63, 3.8) is 0 Å². The summed E-state index contributed by atoms with van der Waals surface area (Å²) >= 11 is 0. The van der Waals surface area contributed by atoms with Gasteiger partial charge < -0.3 is 29.9 Å². The van der Waals surface area contributed by atoms with E-state index in [4.69, 9.17) is 9.47 Å². The second-order valence-electron chi connectivity index (χ2n) is 15.5. The Bertz CT molecular complexity index is 1350. The molecule has 0 bridgehead atoms. The first kappa shape index (κ1) is 33.8. The van der Waals surface area contributed by atoms with Crippen molar-refractivity contribution in [2.75, 3.05) is 0 Å². The number of aliphatic hydroxyl groups is 4. The van der Waals surface area contributed by atoms with Gasteiger partial charge in [-0.05, 0) is 113 Å². The maximum Gasteiger partial charge on any atom is 0.338 e. The first-order valence-electron chi connectivity index (χ1n) is 16.4. The summed E-state index contributed by atoms with van der Waals surface area (Å²) < 4.78 is 11.6. The molecule has 4 N–H and O–H groups in total. The number of aliphatic hydroxyl groups excluding tert-OH is 2. The number of esters is 2. The molecule has 5 rings (SSSR count). The van der Waals surface area contributed by atoms with E-state index >= 15 is 0 Å². The molecule has 0 saturated heterocycles. The fraction of sp³-hybridized carbons (Fsp3) is 0.694. The van der Waals surface area contributed by atoms with Crippen LogP contribution in [0.15, 0.2) is 42.0 Å². The van der Waals surface area contributed by atoms with Gasteiger partial charge in [-0.2, -0.15) is 0 Å². The lowest BCUT2D eigenvalue weighted by molar-refractivity contribution is -0.179. The van der Waals surface area contributed by atoms with Gasteiger partial charge in [-0.1, -0.05) is 32.0 Å². The second kappa shape index (κ2) is 11.6. The number of hydrogen-bond donors (Lipinski definition) is 4. The highest BCUT2D eigenvalue weighted by Crippen LogP contribution is 2.68. The summed E-state index contributed by atoms with van der Waals surface area (Å²) in [7, 11) is 0. The first-order chi connectivity index (χ1) is 20.9. The van der Waals surface area contributed by atoms with Crippen LogP contribution in [0, 0.1) is 28.6 Å². The molecule has 9 heteroatoms. The highest BCUT2D eigenvalue weighted by atomic mass is 16.6. The third-order valence-corrected chi connectivity index (χ3v) is 12.2. The van der Waals surface area contributed by atoms with Crippen LogP contribution in [-0.2, 0) is 19.1 Å². The Morgan fingerprint density at radius 2 is 1.69 bits per heavy atom. The molecule has 3 fully saturated rings. The van der Waals surface area contributed by atoms with Gasteiger partial charge >= 0.3 is 11.9 Å². The normalized spacial score (nSPS) is 38.1. The Morgan fingerprint density at radius 3 is 2.33 bits per heavy atom. The average Bonchev–Trinajstić information content (AvgIpc) is 3.24. The number of ketones is 1. The number of allylic oxidation sites excluding steroid dienone is 1. The highest BCUT2D eigenvalue weighted by molar-refractivity contribution is 5.95. The third kappa shape index (κ3) is 5.68. The molecule has 10 unspecified atom stereocenters. The molecule has 248 valence electrons. The maximum absolute atomic E-state index is 13.6. The Morgan fingerprint density at radius 1 is 1.02 bits per heavy atom. The molecule has 0 spiro atoms. The molecule has 0 amide bonds. The lowest BCUT2D eigenvalue weighted by Crippen LogP contribution is -2.63. The second-order valence-corrected chi connectivity index (χ2v) is 15.5. The number of ether oxygens (including phenoxy) is 2. The van der Waals surface area contributed by atoms with Crippen LogP contribution in [0.1, 0.15) is 103 Å². The van der Waals surface area contributed by atoms with Crippen molar-refractivity contribution < 1.29 is 44.3 Å². The van der Waals surface area contributed by atoms with Gasteiger partial charge in [-0.3, -0.25) is 9.59 Å². The van der Waals surface area contributed by atoms with Crippen molar-refractivity contribution in [3.8, 4) is 0 Å². The zero-order valence-electron chi connectivity index (χ0n) is 27.4. The van der Waals surface area contributed by atoms with Crippen molar-refractivity contribution in [3.05, 3.63) is 47.5 Å². The van der Waals surface area contributed by atoms with E-state index in [1.54, 1.807) is 57.2 Å². The Balaban J connectivity index is 1.47. The smallest absolute Gasteiger partial charge is 0.338 e. The van der Waals surface area contributed by atoms with Crippen LogP contribution >= 0.6 is 0 Å². The molecular weight excluding hydrogens is 576 g/mol. The number of carbonyl (C=O) groups is 3. The molecule has 0 aliphatic heterocycles. The molecule has 0 aromatic heterocycles. The van der Waals surface area contributed by atoms with Gasteiger partial charge in [0.1, 0.15) is 17.3 Å². The van der Waals surface area contributed by atoms with Crippen molar-refractivity contribution in [1.82, 2.24) is 0 Å². The fourth-order valence-electron chi connectivity index (χ4n) is 9.69. The Kier molecular flexibility index (Phi) is 8.69. The van der Waals surface area contributed by atoms with Crippen LogP contribution in [0.2, 0.25) is 0 Å². The summed E-state index contributed by atoms with van der Waals surface area (Å²) in [5.41, 5.74) is -4.28. The number of rotatable bonds is 8. The number of fused-ring (bicyclic) bond motifs is 5. The van der Waals surface area contributed by atoms with E-state index in [1.807, 2.05) is 13.8 Å². The zero-order valence-corrected chi connectivity index (χ0v) is 27.4. The van der Waals surface area contributed by atoms with Crippen molar-refractivity contribution >= 4 is 17.7 Å². The molecule has 10 atom stereocenters. The molecule has 4 aliphatic rings. The summed E-state index contributed by atoms with van der Waals surface area (Å²) in [6.45, 7) is 10.5. The summed E-state index contributed by atoms with van der Waals surface area (Å²) in [6, 6.07) is 8.57. The van der Waals surface area contributed by atoms with Gasteiger partial charge in [0.25, 0.3) is 0 Å². The van der Waals surface area contributed by atoms with Crippen LogP contribution in [0.5, 0.6) is 0 Å². The van der Waals surface area contributed by atoms with Crippen LogP contribution in [0.3, 0.4) is 0 Å². The highest BCUT2D eigenvalue weighted by Gasteiger charge is 2.69. The zero-order chi connectivity index (χ0) is 33.2. The monoisotopic (exact) mass is 626 g/mol. The van der Waals surface area contributed by atoms with E-state index in [1.165, 1.54) is 6.92 Å².